The summed E-state index contributed by atoms with van der Waals surface area (Å²) < 4.78 is 1.86. The van der Waals surface area contributed by atoms with E-state index in [1.807, 2.05) is 17.8 Å². The average Bonchev–Trinajstić information content (AvgIpc) is 3.02. The number of hydrogen-bond donors (Lipinski definition) is 2. The van der Waals surface area contributed by atoms with Gasteiger partial charge in [0.15, 0.2) is 0 Å². The zero-order valence-corrected chi connectivity index (χ0v) is 14.0. The Kier molecular flexibility index (Phi) is 4.10. The molecule has 1 aliphatic carbocycles. The third-order valence-electron chi connectivity index (χ3n) is 5.38. The second kappa shape index (κ2) is 6.40. The summed E-state index contributed by atoms with van der Waals surface area (Å²) >= 11 is 0. The van der Waals surface area contributed by atoms with E-state index in [-0.39, 0.29) is 18.0 Å². The zero-order chi connectivity index (χ0) is 16.5. The van der Waals surface area contributed by atoms with Crippen LogP contribution in [0.1, 0.15) is 42.1 Å². The van der Waals surface area contributed by atoms with Crippen LogP contribution in [0.2, 0.25) is 0 Å². The molecule has 1 fully saturated rings. The van der Waals surface area contributed by atoms with Crippen molar-refractivity contribution in [2.24, 2.45) is 7.05 Å². The van der Waals surface area contributed by atoms with Crippen LogP contribution in [0.5, 0.6) is 0 Å². The van der Waals surface area contributed by atoms with Crippen LogP contribution < -0.4 is 10.6 Å². The first-order valence-electron chi connectivity index (χ1n) is 8.81. The lowest BCUT2D eigenvalue weighted by Crippen LogP contribution is -2.52. The fourth-order valence-electron chi connectivity index (χ4n) is 4.09. The number of piperidine rings is 1. The van der Waals surface area contributed by atoms with Crippen molar-refractivity contribution in [2.45, 2.75) is 50.2 Å². The van der Waals surface area contributed by atoms with Gasteiger partial charge in [0.25, 0.3) is 0 Å². The summed E-state index contributed by atoms with van der Waals surface area (Å²) in [5.41, 5.74) is 4.01. The molecule has 1 aromatic heterocycles. The number of nitrogens with one attached hydrogen (secondary N) is 2. The molecule has 5 heteroatoms. The highest BCUT2D eigenvalue weighted by Crippen LogP contribution is 2.27. The first-order valence-corrected chi connectivity index (χ1v) is 8.81. The number of carbonyl (C=O) groups excluding carboxylic acids is 1. The average molecular weight is 324 g/mol. The van der Waals surface area contributed by atoms with Crippen LogP contribution in [-0.4, -0.2) is 27.8 Å². The van der Waals surface area contributed by atoms with Crippen molar-refractivity contribution in [3.05, 3.63) is 53.3 Å². The highest BCUT2D eigenvalue weighted by Gasteiger charge is 2.33. The van der Waals surface area contributed by atoms with Crippen molar-refractivity contribution < 1.29 is 4.79 Å². The van der Waals surface area contributed by atoms with E-state index in [0.29, 0.717) is 12.5 Å². The van der Waals surface area contributed by atoms with Crippen molar-refractivity contribution in [1.29, 1.82) is 0 Å². The number of carbonyl (C=O) groups is 1. The summed E-state index contributed by atoms with van der Waals surface area (Å²) in [5.74, 6) is 0.133. The standard InChI is InChI=1S/C19H24N4O/c1-23-17(10-11-20-23)19-16(8-9-18(24)22-19)21-15-7-6-13-4-2-3-5-14(13)12-15/h2-5,10-11,15-16,19,21H,6-9,12H2,1H3,(H,22,24)/t15?,16-,19-/m1/s1. The van der Waals surface area contributed by atoms with Gasteiger partial charge in [-0.2, -0.15) is 5.10 Å². The van der Waals surface area contributed by atoms with Gasteiger partial charge in [0.05, 0.1) is 11.7 Å². The molecular weight excluding hydrogens is 300 g/mol. The van der Waals surface area contributed by atoms with Crippen LogP contribution >= 0.6 is 0 Å². The molecule has 126 valence electrons. The number of benzene rings is 1. The van der Waals surface area contributed by atoms with E-state index in [1.54, 1.807) is 6.20 Å². The molecule has 2 N–H and O–H groups in total. The Balaban J connectivity index is 1.50. The molecule has 1 aromatic carbocycles. The van der Waals surface area contributed by atoms with Gasteiger partial charge in [0, 0.05) is 31.7 Å². The first kappa shape index (κ1) is 15.4. The quantitative estimate of drug-likeness (QED) is 0.906. The second-order valence-electron chi connectivity index (χ2n) is 6.95. The number of aryl methyl sites for hydroxylation is 2. The van der Waals surface area contributed by atoms with Crippen molar-refractivity contribution in [3.63, 3.8) is 0 Å². The molecule has 1 unspecified atom stereocenters. The lowest BCUT2D eigenvalue weighted by atomic mass is 9.86. The predicted octanol–water partition coefficient (Wildman–Crippen LogP) is 1.89. The Labute approximate surface area is 142 Å². The largest absolute Gasteiger partial charge is 0.346 e. The highest BCUT2D eigenvalue weighted by molar-refractivity contribution is 5.77. The van der Waals surface area contributed by atoms with E-state index in [9.17, 15) is 4.79 Å². The van der Waals surface area contributed by atoms with E-state index in [0.717, 1.165) is 31.4 Å². The van der Waals surface area contributed by atoms with Crippen molar-refractivity contribution in [2.75, 3.05) is 0 Å². The molecule has 5 nitrogen and oxygen atoms in total. The number of fused-ring (bicyclic) bond motifs is 1. The van der Waals surface area contributed by atoms with Gasteiger partial charge < -0.3 is 10.6 Å². The van der Waals surface area contributed by atoms with Crippen LogP contribution in [0.3, 0.4) is 0 Å². The lowest BCUT2D eigenvalue weighted by Gasteiger charge is -2.37. The third-order valence-corrected chi connectivity index (χ3v) is 5.38. The Bertz CT molecular complexity index is 738. The smallest absolute Gasteiger partial charge is 0.220 e. The van der Waals surface area contributed by atoms with Gasteiger partial charge in [-0.15, -0.1) is 0 Å². The third kappa shape index (κ3) is 2.96. The molecule has 2 aliphatic rings. The molecule has 0 spiro atoms. The molecule has 0 saturated carbocycles. The van der Waals surface area contributed by atoms with Crippen LogP contribution in [0.15, 0.2) is 36.5 Å². The topological polar surface area (TPSA) is 59.0 Å². The Morgan fingerprint density at radius 2 is 2.00 bits per heavy atom. The maximum atomic E-state index is 11.9. The molecule has 2 heterocycles. The molecule has 2 aromatic rings. The Hall–Kier alpha value is -2.14. The van der Waals surface area contributed by atoms with Crippen LogP contribution in [0.25, 0.3) is 0 Å². The summed E-state index contributed by atoms with van der Waals surface area (Å²) in [6.07, 6.45) is 6.61. The normalized spacial score (nSPS) is 26.7. The molecule has 1 aliphatic heterocycles. The summed E-state index contributed by atoms with van der Waals surface area (Å²) in [6.45, 7) is 0. The molecule has 1 amide bonds. The number of rotatable bonds is 3. The van der Waals surface area contributed by atoms with Gasteiger partial charge in [-0.05, 0) is 42.9 Å². The number of nitrogens with zero attached hydrogens (tertiary/aromatic N) is 2. The van der Waals surface area contributed by atoms with Gasteiger partial charge in [-0.1, -0.05) is 24.3 Å². The minimum absolute atomic E-state index is 0.00378. The number of hydrogen-bond acceptors (Lipinski definition) is 3. The fourth-order valence-corrected chi connectivity index (χ4v) is 4.09. The Morgan fingerprint density at radius 3 is 2.79 bits per heavy atom. The molecular formula is C19H24N4O. The molecule has 0 bridgehead atoms. The lowest BCUT2D eigenvalue weighted by molar-refractivity contribution is -0.124. The summed E-state index contributed by atoms with van der Waals surface area (Å²) in [6, 6.07) is 11.5. The van der Waals surface area contributed by atoms with E-state index < -0.39 is 0 Å². The molecule has 4 rings (SSSR count). The maximum absolute atomic E-state index is 11.9. The summed E-state index contributed by atoms with van der Waals surface area (Å²) in [5, 5.41) is 11.3. The van der Waals surface area contributed by atoms with Gasteiger partial charge in [0.1, 0.15) is 0 Å². The fraction of sp³-hybridized carbons (Fsp3) is 0.474. The zero-order valence-electron chi connectivity index (χ0n) is 14.0. The SMILES string of the molecule is Cn1nccc1[C@@H]1NC(=O)CC[C@H]1NC1CCc2ccccc2C1. The van der Waals surface area contributed by atoms with Gasteiger partial charge in [-0.25, -0.2) is 0 Å². The first-order chi connectivity index (χ1) is 11.7. The highest BCUT2D eigenvalue weighted by atomic mass is 16.1. The minimum Gasteiger partial charge on any atom is -0.346 e. The maximum Gasteiger partial charge on any atom is 0.220 e. The molecule has 24 heavy (non-hydrogen) atoms. The van der Waals surface area contributed by atoms with Crippen molar-refractivity contribution >= 4 is 5.91 Å². The van der Waals surface area contributed by atoms with Crippen LogP contribution in [-0.2, 0) is 24.7 Å². The monoisotopic (exact) mass is 324 g/mol. The number of amides is 1. The van der Waals surface area contributed by atoms with Gasteiger partial charge in [-0.3, -0.25) is 9.48 Å². The van der Waals surface area contributed by atoms with Gasteiger partial charge >= 0.3 is 0 Å². The van der Waals surface area contributed by atoms with Gasteiger partial charge in [0.2, 0.25) is 5.91 Å². The molecule has 1 saturated heterocycles. The molecule has 3 atom stereocenters. The van der Waals surface area contributed by atoms with Crippen molar-refractivity contribution in [1.82, 2.24) is 20.4 Å². The van der Waals surface area contributed by atoms with E-state index >= 15 is 0 Å². The summed E-state index contributed by atoms with van der Waals surface area (Å²) in [7, 11) is 1.93. The van der Waals surface area contributed by atoms with Crippen molar-refractivity contribution in [3.8, 4) is 0 Å². The summed E-state index contributed by atoms with van der Waals surface area (Å²) in [4.78, 5) is 11.9. The minimum atomic E-state index is -0.00378. The van der Waals surface area contributed by atoms with E-state index in [2.05, 4.69) is 40.0 Å². The predicted molar refractivity (Wildman–Crippen MR) is 92.5 cm³/mol. The second-order valence-corrected chi connectivity index (χ2v) is 6.95. The van der Waals surface area contributed by atoms with Crippen LogP contribution in [0, 0.1) is 0 Å². The van der Waals surface area contributed by atoms with E-state index in [4.69, 9.17) is 0 Å². The Morgan fingerprint density at radius 1 is 1.17 bits per heavy atom. The number of aromatic nitrogens is 2. The molecule has 0 radical (unpaired) electrons. The van der Waals surface area contributed by atoms with E-state index in [1.165, 1.54) is 11.1 Å². The van der Waals surface area contributed by atoms with Crippen LogP contribution in [0.4, 0.5) is 0 Å².